The first-order valence-corrected chi connectivity index (χ1v) is 8.50. The highest BCUT2D eigenvalue weighted by atomic mass is 32.1. The van der Waals surface area contributed by atoms with Crippen LogP contribution in [0.1, 0.15) is 40.8 Å². The molecule has 3 heterocycles. The molecule has 2 aromatic heterocycles. The Morgan fingerprint density at radius 3 is 3.18 bits per heavy atom. The second-order valence-electron chi connectivity index (χ2n) is 6.03. The van der Waals surface area contributed by atoms with E-state index in [1.54, 1.807) is 0 Å². The number of aryl methyl sites for hydroxylation is 2. The van der Waals surface area contributed by atoms with E-state index in [0.717, 1.165) is 49.6 Å². The van der Waals surface area contributed by atoms with Crippen LogP contribution >= 0.6 is 11.3 Å². The minimum absolute atomic E-state index is 0.125. The first kappa shape index (κ1) is 13.8. The van der Waals surface area contributed by atoms with Crippen LogP contribution in [0, 0.1) is 6.92 Å². The van der Waals surface area contributed by atoms with E-state index in [1.165, 1.54) is 16.2 Å². The molecule has 0 fully saturated rings. The quantitative estimate of drug-likeness (QED) is 0.868. The third-order valence-corrected chi connectivity index (χ3v) is 5.60. The number of rotatable bonds is 1. The summed E-state index contributed by atoms with van der Waals surface area (Å²) in [6.45, 7) is 4.22. The molecule has 2 aliphatic rings. The Kier molecular flexibility index (Phi) is 3.18. The monoisotopic (exact) mass is 317 g/mol. The Hall–Kier alpha value is -1.89. The molecule has 0 saturated heterocycles. The predicted octanol–water partition coefficient (Wildman–Crippen LogP) is 1.69. The third kappa shape index (κ3) is 2.11. The SMILES string of the molecule is Cc1cnc2n1CCN(C(=O)C1CCCc3sc(N)nc31)C2. The fourth-order valence-corrected chi connectivity index (χ4v) is 4.43. The molecule has 0 bridgehead atoms. The van der Waals surface area contributed by atoms with Gasteiger partial charge in [-0.25, -0.2) is 9.97 Å². The molecule has 1 atom stereocenters. The van der Waals surface area contributed by atoms with E-state index < -0.39 is 0 Å². The van der Waals surface area contributed by atoms with Crippen LogP contribution in [0.15, 0.2) is 6.20 Å². The van der Waals surface area contributed by atoms with E-state index in [2.05, 4.69) is 21.5 Å². The summed E-state index contributed by atoms with van der Waals surface area (Å²) >= 11 is 1.53. The Morgan fingerprint density at radius 1 is 1.45 bits per heavy atom. The van der Waals surface area contributed by atoms with Crippen LogP contribution in [0.2, 0.25) is 0 Å². The molecule has 0 radical (unpaired) electrons. The summed E-state index contributed by atoms with van der Waals surface area (Å²) in [6, 6.07) is 0. The predicted molar refractivity (Wildman–Crippen MR) is 84.6 cm³/mol. The number of nitrogen functional groups attached to an aromatic ring is 1. The van der Waals surface area contributed by atoms with Crippen molar-refractivity contribution in [2.24, 2.45) is 0 Å². The topological polar surface area (TPSA) is 77.0 Å². The normalized spacial score (nSPS) is 20.6. The highest BCUT2D eigenvalue weighted by molar-refractivity contribution is 7.15. The van der Waals surface area contributed by atoms with Crippen molar-refractivity contribution in [3.05, 3.63) is 28.3 Å². The molecule has 0 aromatic carbocycles. The van der Waals surface area contributed by atoms with Crippen molar-refractivity contribution in [3.8, 4) is 0 Å². The smallest absolute Gasteiger partial charge is 0.232 e. The van der Waals surface area contributed by atoms with Gasteiger partial charge in [-0.2, -0.15) is 0 Å². The number of amides is 1. The Bertz CT molecular complexity index is 734. The number of fused-ring (bicyclic) bond motifs is 2. The van der Waals surface area contributed by atoms with Gasteiger partial charge >= 0.3 is 0 Å². The highest BCUT2D eigenvalue weighted by Gasteiger charge is 2.34. The lowest BCUT2D eigenvalue weighted by molar-refractivity contribution is -0.134. The van der Waals surface area contributed by atoms with E-state index in [0.29, 0.717) is 11.7 Å². The van der Waals surface area contributed by atoms with Crippen LogP contribution in [0.3, 0.4) is 0 Å². The summed E-state index contributed by atoms with van der Waals surface area (Å²) in [6.07, 6.45) is 4.78. The standard InChI is InChI=1S/C15H19N5OS/c1-9-7-17-12-8-19(5-6-20(9)12)14(21)10-3-2-4-11-13(10)18-15(16)22-11/h7,10H,2-6,8H2,1H3,(H2,16,18). The van der Waals surface area contributed by atoms with E-state index >= 15 is 0 Å². The molecule has 2 aromatic rings. The van der Waals surface area contributed by atoms with Crippen LogP contribution in [0.4, 0.5) is 5.13 Å². The zero-order chi connectivity index (χ0) is 15.3. The van der Waals surface area contributed by atoms with Crippen molar-refractivity contribution in [3.63, 3.8) is 0 Å². The van der Waals surface area contributed by atoms with Crippen LogP contribution < -0.4 is 5.73 Å². The van der Waals surface area contributed by atoms with Crippen molar-refractivity contribution in [2.75, 3.05) is 12.3 Å². The van der Waals surface area contributed by atoms with Crippen LogP contribution in [-0.2, 0) is 24.3 Å². The van der Waals surface area contributed by atoms with E-state index in [9.17, 15) is 4.79 Å². The van der Waals surface area contributed by atoms with Gasteiger partial charge in [0, 0.05) is 29.9 Å². The van der Waals surface area contributed by atoms with E-state index in [4.69, 9.17) is 5.73 Å². The minimum atomic E-state index is -0.125. The number of imidazole rings is 1. The largest absolute Gasteiger partial charge is 0.375 e. The molecule has 22 heavy (non-hydrogen) atoms. The van der Waals surface area contributed by atoms with Gasteiger partial charge in [0.25, 0.3) is 0 Å². The number of carbonyl (C=O) groups excluding carboxylic acids is 1. The molecule has 1 aliphatic heterocycles. The molecule has 116 valence electrons. The van der Waals surface area contributed by atoms with Gasteiger partial charge in [0.15, 0.2) is 5.13 Å². The molecule has 2 N–H and O–H groups in total. The number of anilines is 1. The minimum Gasteiger partial charge on any atom is -0.375 e. The number of nitrogens with zero attached hydrogens (tertiary/aromatic N) is 4. The number of aromatic nitrogens is 3. The lowest BCUT2D eigenvalue weighted by atomic mass is 9.89. The summed E-state index contributed by atoms with van der Waals surface area (Å²) in [5.41, 5.74) is 7.92. The third-order valence-electron chi connectivity index (χ3n) is 4.64. The molecule has 1 unspecified atom stereocenters. The van der Waals surface area contributed by atoms with Gasteiger partial charge in [0.05, 0.1) is 18.2 Å². The number of hydrogen-bond donors (Lipinski definition) is 1. The fraction of sp³-hybridized carbons (Fsp3) is 0.533. The summed E-state index contributed by atoms with van der Waals surface area (Å²) in [7, 11) is 0. The number of nitrogens with two attached hydrogens (primary N) is 1. The maximum Gasteiger partial charge on any atom is 0.232 e. The van der Waals surface area contributed by atoms with Gasteiger partial charge in [0.1, 0.15) is 5.82 Å². The van der Waals surface area contributed by atoms with Crippen LogP contribution in [0.5, 0.6) is 0 Å². The average molecular weight is 317 g/mol. The lowest BCUT2D eigenvalue weighted by Gasteiger charge is -2.32. The molecule has 7 heteroatoms. The maximum atomic E-state index is 13.0. The van der Waals surface area contributed by atoms with E-state index in [1.807, 2.05) is 11.1 Å². The van der Waals surface area contributed by atoms with Gasteiger partial charge in [-0.3, -0.25) is 4.79 Å². The second-order valence-corrected chi connectivity index (χ2v) is 7.15. The van der Waals surface area contributed by atoms with E-state index in [-0.39, 0.29) is 11.8 Å². The summed E-state index contributed by atoms with van der Waals surface area (Å²) in [4.78, 5) is 24.9. The highest BCUT2D eigenvalue weighted by Crippen LogP contribution is 2.37. The van der Waals surface area contributed by atoms with Crippen molar-refractivity contribution in [2.45, 2.75) is 45.2 Å². The first-order valence-electron chi connectivity index (χ1n) is 7.68. The van der Waals surface area contributed by atoms with Gasteiger partial charge in [-0.05, 0) is 26.2 Å². The van der Waals surface area contributed by atoms with Crippen molar-refractivity contribution < 1.29 is 4.79 Å². The van der Waals surface area contributed by atoms with Crippen molar-refractivity contribution in [1.82, 2.24) is 19.4 Å². The maximum absolute atomic E-state index is 13.0. The lowest BCUT2D eigenvalue weighted by Crippen LogP contribution is -2.41. The molecular formula is C15H19N5OS. The van der Waals surface area contributed by atoms with Gasteiger partial charge in [-0.1, -0.05) is 0 Å². The molecule has 6 nitrogen and oxygen atoms in total. The number of carbonyl (C=O) groups is 1. The molecule has 4 rings (SSSR count). The Morgan fingerprint density at radius 2 is 2.32 bits per heavy atom. The fourth-order valence-electron chi connectivity index (χ4n) is 3.50. The molecular weight excluding hydrogens is 298 g/mol. The molecule has 0 spiro atoms. The zero-order valence-corrected chi connectivity index (χ0v) is 13.4. The summed E-state index contributed by atoms with van der Waals surface area (Å²) in [5, 5.41) is 0.578. The Balaban J connectivity index is 1.58. The van der Waals surface area contributed by atoms with Gasteiger partial charge in [-0.15, -0.1) is 11.3 Å². The average Bonchev–Trinajstić information content (AvgIpc) is 3.08. The first-order chi connectivity index (χ1) is 10.6. The van der Waals surface area contributed by atoms with Gasteiger partial charge in [0.2, 0.25) is 5.91 Å². The van der Waals surface area contributed by atoms with Crippen molar-refractivity contribution in [1.29, 1.82) is 0 Å². The molecule has 1 aliphatic carbocycles. The number of hydrogen-bond acceptors (Lipinski definition) is 5. The number of thiazole rings is 1. The zero-order valence-electron chi connectivity index (χ0n) is 12.6. The Labute approximate surface area is 133 Å². The molecule has 1 amide bonds. The van der Waals surface area contributed by atoms with Crippen LogP contribution in [-0.4, -0.2) is 31.9 Å². The molecule has 0 saturated carbocycles. The van der Waals surface area contributed by atoms with Crippen LogP contribution in [0.25, 0.3) is 0 Å². The van der Waals surface area contributed by atoms with Crippen molar-refractivity contribution >= 4 is 22.4 Å². The second kappa shape index (κ2) is 5.08. The summed E-state index contributed by atoms with van der Waals surface area (Å²) in [5.74, 6) is 1.03. The van der Waals surface area contributed by atoms with Gasteiger partial charge < -0.3 is 15.2 Å². The summed E-state index contributed by atoms with van der Waals surface area (Å²) < 4.78 is 2.19.